The topological polar surface area (TPSA) is 48.3 Å². The van der Waals surface area contributed by atoms with Gasteiger partial charge in [0, 0.05) is 30.1 Å². The fraction of sp³-hybridized carbons (Fsp3) is 0.273. The maximum absolute atomic E-state index is 14.0. The summed E-state index contributed by atoms with van der Waals surface area (Å²) in [5.74, 6) is 0.370. The van der Waals surface area contributed by atoms with Crippen LogP contribution in [-0.4, -0.2) is 18.0 Å². The molecule has 3 rings (SSSR count). The molecule has 0 fully saturated rings. The Bertz CT molecular complexity index is 1070. The zero-order chi connectivity index (χ0) is 19.6. The molecule has 0 aliphatic heterocycles. The minimum absolute atomic E-state index is 0.0721. The second kappa shape index (κ2) is 7.74. The molecule has 5 heteroatoms. The second-order valence-corrected chi connectivity index (χ2v) is 6.52. The van der Waals surface area contributed by atoms with Crippen LogP contribution in [0.25, 0.3) is 21.9 Å². The number of carbonyl (C=O) groups excluding carboxylic acids is 1. The number of pyridine rings is 1. The molecule has 0 saturated heterocycles. The number of aldehydes is 1. The number of ether oxygens (including phenoxy) is 1. The molecule has 140 valence electrons. The first-order valence-corrected chi connectivity index (χ1v) is 8.93. The monoisotopic (exact) mass is 367 g/mol. The van der Waals surface area contributed by atoms with Crippen LogP contribution in [0.3, 0.4) is 0 Å². The maximum Gasteiger partial charge on any atom is 0.258 e. The van der Waals surface area contributed by atoms with Gasteiger partial charge in [-0.05, 0) is 53.3 Å². The number of aryl methyl sites for hydroxylation is 1. The highest BCUT2D eigenvalue weighted by molar-refractivity contribution is 5.98. The van der Waals surface area contributed by atoms with Gasteiger partial charge in [-0.25, -0.2) is 4.39 Å². The predicted octanol–water partition coefficient (Wildman–Crippen LogP) is 4.05. The van der Waals surface area contributed by atoms with Gasteiger partial charge in [0.25, 0.3) is 5.56 Å². The lowest BCUT2D eigenvalue weighted by Gasteiger charge is -2.18. The highest BCUT2D eigenvalue weighted by Crippen LogP contribution is 2.34. The Morgan fingerprint density at radius 1 is 1.15 bits per heavy atom. The number of methoxy groups -OCH3 is 1. The van der Waals surface area contributed by atoms with Crippen molar-refractivity contribution in [2.24, 2.45) is 7.05 Å². The van der Waals surface area contributed by atoms with Crippen LogP contribution < -0.4 is 10.3 Å². The minimum atomic E-state index is -0.420. The van der Waals surface area contributed by atoms with Gasteiger partial charge in [-0.1, -0.05) is 19.4 Å². The summed E-state index contributed by atoms with van der Waals surface area (Å²) in [7, 11) is 3.27. The van der Waals surface area contributed by atoms with Crippen molar-refractivity contribution < 1.29 is 13.9 Å². The first kappa shape index (κ1) is 18.8. The lowest BCUT2D eigenvalue weighted by molar-refractivity contribution is -0.107. The van der Waals surface area contributed by atoms with Crippen molar-refractivity contribution in [1.82, 2.24) is 4.57 Å². The predicted molar refractivity (Wildman–Crippen MR) is 105 cm³/mol. The summed E-state index contributed by atoms with van der Waals surface area (Å²) in [6, 6.07) is 9.91. The number of aromatic nitrogens is 1. The number of carbonyl (C=O) groups is 1. The van der Waals surface area contributed by atoms with Gasteiger partial charge in [0.1, 0.15) is 17.9 Å². The quantitative estimate of drug-likeness (QED) is 0.618. The highest BCUT2D eigenvalue weighted by atomic mass is 19.1. The molecule has 2 aromatic carbocycles. The number of nitrogens with zero attached hydrogens (tertiary/aromatic N) is 1. The summed E-state index contributed by atoms with van der Waals surface area (Å²) in [6.07, 6.45) is 2.62. The third-order valence-corrected chi connectivity index (χ3v) is 4.84. The molecule has 0 aliphatic rings. The number of rotatable bonds is 6. The smallest absolute Gasteiger partial charge is 0.258 e. The Labute approximate surface area is 157 Å². The van der Waals surface area contributed by atoms with Gasteiger partial charge in [0.15, 0.2) is 0 Å². The average Bonchev–Trinajstić information content (AvgIpc) is 2.66. The maximum atomic E-state index is 14.0. The molecular weight excluding hydrogens is 345 g/mol. The van der Waals surface area contributed by atoms with Gasteiger partial charge in [-0.3, -0.25) is 4.79 Å². The molecule has 1 heterocycles. The van der Waals surface area contributed by atoms with E-state index >= 15 is 0 Å². The van der Waals surface area contributed by atoms with Crippen molar-refractivity contribution in [1.29, 1.82) is 0 Å². The minimum Gasteiger partial charge on any atom is -0.496 e. The third kappa shape index (κ3) is 3.37. The van der Waals surface area contributed by atoms with E-state index in [9.17, 15) is 14.0 Å². The van der Waals surface area contributed by atoms with Crippen molar-refractivity contribution in [3.8, 4) is 16.9 Å². The Morgan fingerprint density at radius 2 is 1.93 bits per heavy atom. The molecule has 0 bridgehead atoms. The summed E-state index contributed by atoms with van der Waals surface area (Å²) in [4.78, 5) is 24.0. The Morgan fingerprint density at radius 3 is 2.59 bits per heavy atom. The highest BCUT2D eigenvalue weighted by Gasteiger charge is 2.18. The molecule has 0 atom stereocenters. The number of hydrogen-bond acceptors (Lipinski definition) is 3. The van der Waals surface area contributed by atoms with Gasteiger partial charge >= 0.3 is 0 Å². The summed E-state index contributed by atoms with van der Waals surface area (Å²) >= 11 is 0. The van der Waals surface area contributed by atoms with Crippen LogP contribution in [-0.2, 0) is 24.7 Å². The van der Waals surface area contributed by atoms with E-state index in [1.165, 1.54) is 22.8 Å². The van der Waals surface area contributed by atoms with Crippen LogP contribution in [0.15, 0.2) is 41.2 Å². The summed E-state index contributed by atoms with van der Waals surface area (Å²) in [6.45, 7) is 2.08. The molecule has 0 amide bonds. The Hall–Kier alpha value is -2.95. The van der Waals surface area contributed by atoms with E-state index in [2.05, 4.69) is 6.92 Å². The molecule has 0 aliphatic carbocycles. The van der Waals surface area contributed by atoms with E-state index in [-0.39, 0.29) is 12.0 Å². The van der Waals surface area contributed by atoms with Crippen LogP contribution in [0.2, 0.25) is 0 Å². The van der Waals surface area contributed by atoms with Gasteiger partial charge in [-0.2, -0.15) is 0 Å². The molecule has 0 spiro atoms. The lowest BCUT2D eigenvalue weighted by Crippen LogP contribution is -2.22. The summed E-state index contributed by atoms with van der Waals surface area (Å²) in [5, 5.41) is 0.943. The van der Waals surface area contributed by atoms with E-state index in [1.807, 2.05) is 18.2 Å². The van der Waals surface area contributed by atoms with Gasteiger partial charge in [0.05, 0.1) is 7.11 Å². The summed E-state index contributed by atoms with van der Waals surface area (Å²) in [5.41, 5.74) is 2.91. The van der Waals surface area contributed by atoms with E-state index in [0.717, 1.165) is 36.0 Å². The molecule has 0 radical (unpaired) electrons. The second-order valence-electron chi connectivity index (χ2n) is 6.52. The van der Waals surface area contributed by atoms with Crippen molar-refractivity contribution >= 4 is 17.1 Å². The van der Waals surface area contributed by atoms with Crippen LogP contribution in [0.5, 0.6) is 5.75 Å². The zero-order valence-corrected chi connectivity index (χ0v) is 15.7. The number of halogens is 1. The molecule has 3 aromatic rings. The Balaban J connectivity index is 2.42. The van der Waals surface area contributed by atoms with E-state index < -0.39 is 5.82 Å². The van der Waals surface area contributed by atoms with E-state index in [4.69, 9.17) is 4.74 Å². The Kier molecular flexibility index (Phi) is 5.40. The molecule has 0 unspecified atom stereocenters. The normalized spacial score (nSPS) is 11.0. The SMILES string of the molecule is CCCc1cc(-c2c(CC=O)n(C)c(=O)c3ccc(F)cc23)ccc1OC. The third-order valence-electron chi connectivity index (χ3n) is 4.84. The van der Waals surface area contributed by atoms with Crippen LogP contribution >= 0.6 is 0 Å². The van der Waals surface area contributed by atoms with Crippen molar-refractivity contribution in [3.63, 3.8) is 0 Å². The fourth-order valence-corrected chi connectivity index (χ4v) is 3.58. The number of benzene rings is 2. The van der Waals surface area contributed by atoms with E-state index in [0.29, 0.717) is 22.0 Å². The number of hydrogen-bond donors (Lipinski definition) is 0. The molecular formula is C22H22FNO3. The van der Waals surface area contributed by atoms with Crippen LogP contribution in [0, 0.1) is 5.82 Å². The number of fused-ring (bicyclic) bond motifs is 1. The first-order valence-electron chi connectivity index (χ1n) is 8.93. The van der Waals surface area contributed by atoms with E-state index in [1.54, 1.807) is 14.2 Å². The molecule has 27 heavy (non-hydrogen) atoms. The van der Waals surface area contributed by atoms with Crippen LogP contribution in [0.4, 0.5) is 4.39 Å². The van der Waals surface area contributed by atoms with Crippen molar-refractivity contribution in [3.05, 3.63) is 63.8 Å². The molecule has 0 saturated carbocycles. The largest absolute Gasteiger partial charge is 0.496 e. The lowest BCUT2D eigenvalue weighted by atomic mass is 9.93. The van der Waals surface area contributed by atoms with Crippen molar-refractivity contribution in [2.75, 3.05) is 7.11 Å². The van der Waals surface area contributed by atoms with Gasteiger partial charge < -0.3 is 14.1 Å². The van der Waals surface area contributed by atoms with Gasteiger partial charge in [-0.15, -0.1) is 0 Å². The molecule has 1 aromatic heterocycles. The first-order chi connectivity index (χ1) is 13.0. The summed E-state index contributed by atoms with van der Waals surface area (Å²) < 4.78 is 20.9. The standard InChI is InChI=1S/C22H22FNO3/c1-4-5-14-12-15(6-9-20(14)27-3)21-18-13-16(23)7-8-17(18)22(26)24(2)19(21)10-11-25/h6-9,11-13H,4-5,10H2,1-3H3. The van der Waals surface area contributed by atoms with Crippen molar-refractivity contribution in [2.45, 2.75) is 26.2 Å². The van der Waals surface area contributed by atoms with Crippen LogP contribution in [0.1, 0.15) is 24.6 Å². The molecule has 4 nitrogen and oxygen atoms in total. The van der Waals surface area contributed by atoms with Gasteiger partial charge in [0.2, 0.25) is 0 Å². The zero-order valence-electron chi connectivity index (χ0n) is 15.7. The fourth-order valence-electron chi connectivity index (χ4n) is 3.58. The molecule has 0 N–H and O–H groups in total. The average molecular weight is 367 g/mol.